The second-order valence-corrected chi connectivity index (χ2v) is 10.00. The molecule has 2 heterocycles. The SMILES string of the molecule is CC1CCN(CCCCNC(=O)C(Cc2c[nH]c3ccccc23)NC(=O)c2ccccc2Cl)CC1. The number of halogens is 1. The molecule has 35 heavy (non-hydrogen) atoms. The third-order valence-electron chi connectivity index (χ3n) is 6.92. The van der Waals surface area contributed by atoms with Crippen molar-refractivity contribution in [2.24, 2.45) is 5.92 Å². The van der Waals surface area contributed by atoms with Gasteiger partial charge in [0.1, 0.15) is 6.04 Å². The van der Waals surface area contributed by atoms with Gasteiger partial charge in [-0.1, -0.05) is 48.9 Å². The Kier molecular flexibility index (Phi) is 8.83. The van der Waals surface area contributed by atoms with E-state index in [0.717, 1.165) is 41.8 Å². The van der Waals surface area contributed by atoms with Gasteiger partial charge >= 0.3 is 0 Å². The molecule has 1 aliphatic heterocycles. The summed E-state index contributed by atoms with van der Waals surface area (Å²) in [7, 11) is 0. The summed E-state index contributed by atoms with van der Waals surface area (Å²) < 4.78 is 0. The van der Waals surface area contributed by atoms with Crippen molar-refractivity contribution < 1.29 is 9.59 Å². The van der Waals surface area contributed by atoms with Crippen molar-refractivity contribution in [3.8, 4) is 0 Å². The predicted octanol–water partition coefficient (Wildman–Crippen LogP) is 4.79. The van der Waals surface area contributed by atoms with Crippen molar-refractivity contribution >= 4 is 34.3 Å². The smallest absolute Gasteiger partial charge is 0.253 e. The molecule has 0 bridgehead atoms. The van der Waals surface area contributed by atoms with E-state index in [1.165, 1.54) is 25.9 Å². The number of H-pyrrole nitrogens is 1. The van der Waals surface area contributed by atoms with Crippen LogP contribution in [0.1, 0.15) is 48.5 Å². The van der Waals surface area contributed by atoms with Crippen LogP contribution in [0.25, 0.3) is 10.9 Å². The molecule has 1 aromatic heterocycles. The number of fused-ring (bicyclic) bond motifs is 1. The van der Waals surface area contributed by atoms with Crippen LogP contribution in [0.3, 0.4) is 0 Å². The lowest BCUT2D eigenvalue weighted by atomic mass is 9.99. The summed E-state index contributed by atoms with van der Waals surface area (Å²) in [6.07, 6.45) is 6.81. The Morgan fingerprint density at radius 1 is 1.09 bits per heavy atom. The van der Waals surface area contributed by atoms with Gasteiger partial charge in [-0.25, -0.2) is 0 Å². The lowest BCUT2D eigenvalue weighted by Crippen LogP contribution is -2.48. The molecule has 186 valence electrons. The second kappa shape index (κ2) is 12.2. The molecule has 2 amide bonds. The van der Waals surface area contributed by atoms with Crippen molar-refractivity contribution in [3.63, 3.8) is 0 Å². The maximum Gasteiger partial charge on any atom is 0.253 e. The molecule has 1 saturated heterocycles. The first-order valence-electron chi connectivity index (χ1n) is 12.6. The predicted molar refractivity (Wildman–Crippen MR) is 142 cm³/mol. The molecule has 3 N–H and O–H groups in total. The highest BCUT2D eigenvalue weighted by Gasteiger charge is 2.24. The Hall–Kier alpha value is -2.83. The maximum atomic E-state index is 13.2. The number of hydrogen-bond donors (Lipinski definition) is 3. The minimum absolute atomic E-state index is 0.178. The number of carbonyl (C=O) groups is 2. The average molecular weight is 495 g/mol. The fraction of sp³-hybridized carbons (Fsp3) is 0.429. The molecule has 0 aliphatic carbocycles. The number of aromatic nitrogens is 1. The highest BCUT2D eigenvalue weighted by molar-refractivity contribution is 6.33. The first-order chi connectivity index (χ1) is 17.0. The molecule has 1 unspecified atom stereocenters. The minimum Gasteiger partial charge on any atom is -0.361 e. The number of aromatic amines is 1. The number of rotatable bonds is 10. The standard InChI is InChI=1S/C28H35ClN4O2/c1-20-12-16-33(17-13-20)15-7-6-14-30-28(35)26(32-27(34)23-9-2-4-10-24(23)29)18-21-19-31-25-11-5-3-8-22(21)25/h2-5,8-11,19-20,26,31H,6-7,12-18H2,1H3,(H,30,35)(H,32,34). The van der Waals surface area contributed by atoms with E-state index in [9.17, 15) is 9.59 Å². The van der Waals surface area contributed by atoms with Crippen LogP contribution in [0.2, 0.25) is 5.02 Å². The summed E-state index contributed by atoms with van der Waals surface area (Å²) in [4.78, 5) is 31.9. The zero-order valence-electron chi connectivity index (χ0n) is 20.4. The van der Waals surface area contributed by atoms with Crippen LogP contribution in [-0.2, 0) is 11.2 Å². The van der Waals surface area contributed by atoms with Crippen LogP contribution in [-0.4, -0.2) is 53.9 Å². The molecule has 3 aromatic rings. The van der Waals surface area contributed by atoms with E-state index >= 15 is 0 Å². The van der Waals surface area contributed by atoms with Gasteiger partial charge in [0.15, 0.2) is 0 Å². The number of likely N-dealkylation sites (tertiary alicyclic amines) is 1. The van der Waals surface area contributed by atoms with E-state index in [-0.39, 0.29) is 11.8 Å². The average Bonchev–Trinajstić information content (AvgIpc) is 3.27. The molecule has 0 spiro atoms. The van der Waals surface area contributed by atoms with Crippen LogP contribution < -0.4 is 10.6 Å². The van der Waals surface area contributed by atoms with Gasteiger partial charge < -0.3 is 20.5 Å². The first-order valence-corrected chi connectivity index (χ1v) is 13.0. The van der Waals surface area contributed by atoms with Crippen molar-refractivity contribution in [1.29, 1.82) is 0 Å². The van der Waals surface area contributed by atoms with Crippen LogP contribution in [0.5, 0.6) is 0 Å². The number of hydrogen-bond acceptors (Lipinski definition) is 3. The molecule has 1 atom stereocenters. The Balaban J connectivity index is 1.36. The van der Waals surface area contributed by atoms with E-state index in [2.05, 4.69) is 27.4 Å². The maximum absolute atomic E-state index is 13.2. The number of carbonyl (C=O) groups excluding carboxylic acids is 2. The molecule has 7 heteroatoms. The number of nitrogens with one attached hydrogen (secondary N) is 3. The Morgan fingerprint density at radius 2 is 1.83 bits per heavy atom. The summed E-state index contributed by atoms with van der Waals surface area (Å²) >= 11 is 6.22. The van der Waals surface area contributed by atoms with Gasteiger partial charge in [0.05, 0.1) is 10.6 Å². The largest absolute Gasteiger partial charge is 0.361 e. The molecular formula is C28H35ClN4O2. The lowest BCUT2D eigenvalue weighted by Gasteiger charge is -2.30. The summed E-state index contributed by atoms with van der Waals surface area (Å²) in [5.41, 5.74) is 2.35. The fourth-order valence-corrected chi connectivity index (χ4v) is 4.91. The van der Waals surface area contributed by atoms with Crippen LogP contribution in [0.4, 0.5) is 0 Å². The molecular weight excluding hydrogens is 460 g/mol. The van der Waals surface area contributed by atoms with Gasteiger partial charge in [0.2, 0.25) is 5.91 Å². The van der Waals surface area contributed by atoms with E-state index in [4.69, 9.17) is 11.6 Å². The van der Waals surface area contributed by atoms with E-state index < -0.39 is 6.04 Å². The van der Waals surface area contributed by atoms with Gasteiger partial charge in [-0.2, -0.15) is 0 Å². The lowest BCUT2D eigenvalue weighted by molar-refractivity contribution is -0.122. The first kappa shape index (κ1) is 25.3. The zero-order chi connectivity index (χ0) is 24.6. The third kappa shape index (κ3) is 6.86. The number of nitrogens with zero attached hydrogens (tertiary/aromatic N) is 1. The Bertz CT molecular complexity index is 1140. The summed E-state index contributed by atoms with van der Waals surface area (Å²) in [5.74, 6) is 0.304. The van der Waals surface area contributed by atoms with Crippen molar-refractivity contribution in [1.82, 2.24) is 20.5 Å². The van der Waals surface area contributed by atoms with Gasteiger partial charge in [-0.05, 0) is 75.0 Å². The van der Waals surface area contributed by atoms with Crippen LogP contribution in [0.15, 0.2) is 54.7 Å². The highest BCUT2D eigenvalue weighted by Crippen LogP contribution is 2.20. The van der Waals surface area contributed by atoms with Gasteiger partial charge in [0, 0.05) is 30.1 Å². The Labute approximate surface area is 212 Å². The number of amides is 2. The third-order valence-corrected chi connectivity index (χ3v) is 7.25. The molecule has 0 saturated carbocycles. The van der Waals surface area contributed by atoms with Crippen LogP contribution >= 0.6 is 11.6 Å². The summed E-state index contributed by atoms with van der Waals surface area (Å²) in [6, 6.07) is 14.1. The van der Waals surface area contributed by atoms with Gasteiger partial charge in [0.25, 0.3) is 5.91 Å². The number of benzene rings is 2. The molecule has 6 nitrogen and oxygen atoms in total. The van der Waals surface area contributed by atoms with E-state index in [0.29, 0.717) is 23.6 Å². The number of piperidine rings is 1. The van der Waals surface area contributed by atoms with Crippen molar-refractivity contribution in [3.05, 3.63) is 70.9 Å². The van der Waals surface area contributed by atoms with E-state index in [1.54, 1.807) is 24.3 Å². The molecule has 0 radical (unpaired) electrons. The summed E-state index contributed by atoms with van der Waals surface area (Å²) in [5, 5.41) is 7.37. The highest BCUT2D eigenvalue weighted by atomic mass is 35.5. The second-order valence-electron chi connectivity index (χ2n) is 9.59. The molecule has 4 rings (SSSR count). The van der Waals surface area contributed by atoms with E-state index in [1.807, 2.05) is 30.5 Å². The fourth-order valence-electron chi connectivity index (χ4n) is 4.69. The molecule has 1 aliphatic rings. The zero-order valence-corrected chi connectivity index (χ0v) is 21.1. The topological polar surface area (TPSA) is 77.2 Å². The molecule has 2 aromatic carbocycles. The quantitative estimate of drug-likeness (QED) is 0.354. The van der Waals surface area contributed by atoms with Crippen molar-refractivity contribution in [2.45, 2.75) is 45.1 Å². The van der Waals surface area contributed by atoms with Crippen molar-refractivity contribution in [2.75, 3.05) is 26.2 Å². The van der Waals surface area contributed by atoms with Gasteiger partial charge in [-0.15, -0.1) is 0 Å². The Morgan fingerprint density at radius 3 is 2.63 bits per heavy atom. The normalized spacial score (nSPS) is 15.7. The number of para-hydroxylation sites is 1. The minimum atomic E-state index is -0.707. The van der Waals surface area contributed by atoms with Crippen LogP contribution in [0, 0.1) is 5.92 Å². The van der Waals surface area contributed by atoms with Gasteiger partial charge in [-0.3, -0.25) is 9.59 Å². The summed E-state index contributed by atoms with van der Waals surface area (Å²) in [6.45, 7) is 6.34. The molecule has 1 fully saturated rings. The number of unbranched alkanes of at least 4 members (excludes halogenated alkanes) is 1. The monoisotopic (exact) mass is 494 g/mol.